The van der Waals surface area contributed by atoms with E-state index in [2.05, 4.69) is 84.6 Å². The zero-order valence-corrected chi connectivity index (χ0v) is 19.7. The first-order chi connectivity index (χ1) is 16.1. The number of hydrogen-bond donors (Lipinski definition) is 0. The molecule has 2 bridgehead atoms. The highest BCUT2D eigenvalue weighted by Gasteiger charge is 2.40. The molecule has 6 aromatic rings. The van der Waals surface area contributed by atoms with Crippen molar-refractivity contribution in [2.75, 3.05) is 0 Å². The van der Waals surface area contributed by atoms with E-state index in [0.717, 1.165) is 17.8 Å². The lowest BCUT2D eigenvalue weighted by Gasteiger charge is -2.23. The monoisotopic (exact) mass is 429 g/mol. The molecule has 8 rings (SSSR count). The average Bonchev–Trinajstić information content (AvgIpc) is 3.52. The topological polar surface area (TPSA) is 8.29 Å². The minimum Gasteiger partial charge on any atom is -0.307 e. The van der Waals surface area contributed by atoms with Gasteiger partial charge < -0.3 is 4.40 Å². The van der Waals surface area contributed by atoms with Gasteiger partial charge in [-0.15, -0.1) is 0 Å². The lowest BCUT2D eigenvalue weighted by Crippen LogP contribution is -2.29. The third kappa shape index (κ3) is 2.22. The number of nitrogens with zero attached hydrogens (tertiary/aromatic N) is 2. The van der Waals surface area contributed by atoms with Gasteiger partial charge in [-0.3, -0.25) is 0 Å². The Morgan fingerprint density at radius 1 is 0.848 bits per heavy atom. The lowest BCUT2D eigenvalue weighted by atomic mass is 9.82. The van der Waals surface area contributed by atoms with E-state index in [0.29, 0.717) is 0 Å². The summed E-state index contributed by atoms with van der Waals surface area (Å²) < 4.78 is 4.95. The van der Waals surface area contributed by atoms with Crippen molar-refractivity contribution in [2.24, 2.45) is 18.9 Å². The van der Waals surface area contributed by atoms with Crippen LogP contribution >= 0.6 is 0 Å². The van der Waals surface area contributed by atoms with Crippen LogP contribution in [-0.4, -0.2) is 4.40 Å². The summed E-state index contributed by atoms with van der Waals surface area (Å²) in [7, 11) is 2.21. The zero-order chi connectivity index (χ0) is 22.0. The van der Waals surface area contributed by atoms with Crippen molar-refractivity contribution in [3.63, 3.8) is 0 Å². The van der Waals surface area contributed by atoms with Gasteiger partial charge in [0.25, 0.3) is 0 Å². The molecule has 162 valence electrons. The third-order valence-electron chi connectivity index (χ3n) is 9.18. The molecule has 0 N–H and O–H groups in total. The van der Waals surface area contributed by atoms with Gasteiger partial charge in [0, 0.05) is 16.8 Å². The smallest absolute Gasteiger partial charge is 0.224 e. The van der Waals surface area contributed by atoms with Gasteiger partial charge in [-0.2, -0.15) is 0 Å². The molecule has 0 amide bonds. The van der Waals surface area contributed by atoms with Crippen molar-refractivity contribution in [3.8, 4) is 0 Å². The molecule has 2 nitrogen and oxygen atoms in total. The summed E-state index contributed by atoms with van der Waals surface area (Å²) in [5.74, 6) is 2.59. The number of benzene rings is 3. The van der Waals surface area contributed by atoms with Crippen LogP contribution in [0, 0.1) is 25.7 Å². The average molecular weight is 430 g/mol. The maximum absolute atomic E-state index is 2.60. The van der Waals surface area contributed by atoms with Gasteiger partial charge in [0.1, 0.15) is 7.05 Å². The molecule has 0 radical (unpaired) electrons. The van der Waals surface area contributed by atoms with Crippen molar-refractivity contribution in [3.05, 3.63) is 71.4 Å². The van der Waals surface area contributed by atoms with Crippen molar-refractivity contribution in [2.45, 2.75) is 45.4 Å². The van der Waals surface area contributed by atoms with Crippen LogP contribution in [0.3, 0.4) is 0 Å². The number of hydrogen-bond acceptors (Lipinski definition) is 0. The van der Waals surface area contributed by atoms with Gasteiger partial charge in [0.05, 0.1) is 27.3 Å². The van der Waals surface area contributed by atoms with Crippen LogP contribution in [0.1, 0.15) is 48.3 Å². The molecule has 2 saturated carbocycles. The standard InChI is InChI=1S/C31H29N2/c1-17-4-8-23-24-9-5-18(2)28-30(24)33(26(23)12-17)27-16-22(25-14-19-6-7-20(25)13-19)15-21-10-11-32(3)31(28)29(21)27/h4-5,8-12,15-16,19-20,25H,6-7,13-14H2,1-3H3/q+1. The first-order valence-corrected chi connectivity index (χ1v) is 12.6. The summed E-state index contributed by atoms with van der Waals surface area (Å²) in [6, 6.07) is 19.1. The van der Waals surface area contributed by atoms with Crippen LogP contribution in [0.15, 0.2) is 54.7 Å². The second-order valence-electron chi connectivity index (χ2n) is 11.1. The minimum absolute atomic E-state index is 0.736. The second-order valence-corrected chi connectivity index (χ2v) is 11.1. The SMILES string of the molecule is Cc1ccc2c3ccc(C)c4c3n(c2c1)c1cc(C2CC3CCC2C3)cc2cc[n+](C)c4c21. The summed E-state index contributed by atoms with van der Waals surface area (Å²) in [5.41, 5.74) is 9.75. The Bertz CT molecular complexity index is 1770. The van der Waals surface area contributed by atoms with Crippen LogP contribution in [0.25, 0.3) is 49.0 Å². The van der Waals surface area contributed by atoms with E-state index in [4.69, 9.17) is 0 Å². The Morgan fingerprint density at radius 3 is 2.55 bits per heavy atom. The quantitative estimate of drug-likeness (QED) is 0.147. The van der Waals surface area contributed by atoms with Crippen LogP contribution in [0.4, 0.5) is 0 Å². The summed E-state index contributed by atoms with van der Waals surface area (Å²) in [4.78, 5) is 0. The Kier molecular flexibility index (Phi) is 3.36. The normalized spacial score (nSPS) is 22.8. The molecule has 0 saturated heterocycles. The molecule has 0 aliphatic heterocycles. The van der Waals surface area contributed by atoms with E-state index in [9.17, 15) is 0 Å². The number of aromatic nitrogens is 2. The fraction of sp³-hybridized carbons (Fsp3) is 0.323. The first kappa shape index (κ1) is 18.3. The van der Waals surface area contributed by atoms with E-state index >= 15 is 0 Å². The van der Waals surface area contributed by atoms with E-state index in [1.54, 1.807) is 5.56 Å². The molecule has 2 heteroatoms. The van der Waals surface area contributed by atoms with Gasteiger partial charge in [0.2, 0.25) is 5.52 Å². The number of pyridine rings is 2. The lowest BCUT2D eigenvalue weighted by molar-refractivity contribution is -0.643. The molecular formula is C31H29N2+. The molecule has 3 aromatic heterocycles. The van der Waals surface area contributed by atoms with E-state index < -0.39 is 0 Å². The molecule has 2 aliphatic carbocycles. The van der Waals surface area contributed by atoms with Crippen molar-refractivity contribution in [1.29, 1.82) is 0 Å². The predicted molar refractivity (Wildman–Crippen MR) is 137 cm³/mol. The summed E-state index contributed by atoms with van der Waals surface area (Å²) in [6.45, 7) is 4.49. The largest absolute Gasteiger partial charge is 0.307 e. The predicted octanol–water partition coefficient (Wildman–Crippen LogP) is 7.33. The van der Waals surface area contributed by atoms with E-state index in [1.807, 2.05) is 0 Å². The molecule has 0 spiro atoms. The Hall–Kier alpha value is -3.13. The van der Waals surface area contributed by atoms with Gasteiger partial charge in [-0.1, -0.05) is 36.8 Å². The van der Waals surface area contributed by atoms with Gasteiger partial charge in [-0.05, 0) is 85.1 Å². The van der Waals surface area contributed by atoms with Crippen molar-refractivity contribution >= 4 is 49.0 Å². The fourth-order valence-electron chi connectivity index (χ4n) is 7.71. The summed E-state index contributed by atoms with van der Waals surface area (Å²) >= 11 is 0. The molecule has 3 heterocycles. The number of rotatable bonds is 1. The maximum Gasteiger partial charge on any atom is 0.224 e. The maximum atomic E-state index is 2.60. The summed E-state index contributed by atoms with van der Waals surface area (Å²) in [5, 5.41) is 6.95. The zero-order valence-electron chi connectivity index (χ0n) is 19.7. The van der Waals surface area contributed by atoms with Crippen LogP contribution < -0.4 is 4.57 Å². The highest BCUT2D eigenvalue weighted by atomic mass is 15.0. The third-order valence-corrected chi connectivity index (χ3v) is 9.18. The highest BCUT2D eigenvalue weighted by molar-refractivity contribution is 6.25. The highest BCUT2D eigenvalue weighted by Crippen LogP contribution is 2.53. The summed E-state index contributed by atoms with van der Waals surface area (Å²) in [6.07, 6.45) is 7.99. The minimum atomic E-state index is 0.736. The van der Waals surface area contributed by atoms with E-state index in [1.165, 1.54) is 85.8 Å². The molecule has 2 fully saturated rings. The van der Waals surface area contributed by atoms with Crippen molar-refractivity contribution in [1.82, 2.24) is 4.40 Å². The molecule has 33 heavy (non-hydrogen) atoms. The van der Waals surface area contributed by atoms with Crippen LogP contribution in [0.5, 0.6) is 0 Å². The molecule has 2 aliphatic rings. The Morgan fingerprint density at radius 2 is 1.73 bits per heavy atom. The van der Waals surface area contributed by atoms with Gasteiger partial charge in [-0.25, -0.2) is 4.57 Å². The van der Waals surface area contributed by atoms with Crippen LogP contribution in [0.2, 0.25) is 0 Å². The Balaban J connectivity index is 1.64. The van der Waals surface area contributed by atoms with Crippen molar-refractivity contribution < 1.29 is 4.57 Å². The van der Waals surface area contributed by atoms with Gasteiger partial charge >= 0.3 is 0 Å². The van der Waals surface area contributed by atoms with Gasteiger partial charge in [0.15, 0.2) is 6.20 Å². The van der Waals surface area contributed by atoms with Crippen LogP contribution in [-0.2, 0) is 7.05 Å². The van der Waals surface area contributed by atoms with E-state index in [-0.39, 0.29) is 0 Å². The number of fused-ring (bicyclic) bond motifs is 7. The molecular weight excluding hydrogens is 400 g/mol. The molecule has 3 aromatic carbocycles. The number of aryl methyl sites for hydroxylation is 3. The Labute approximate surface area is 193 Å². The fourth-order valence-corrected chi connectivity index (χ4v) is 7.71. The second kappa shape index (κ2) is 6.05. The first-order valence-electron chi connectivity index (χ1n) is 12.6. The molecule has 3 unspecified atom stereocenters. The molecule has 3 atom stereocenters.